The molecule has 204 valence electrons. The van der Waals surface area contributed by atoms with Crippen LogP contribution in [0.15, 0.2) is 54.7 Å². The molecule has 1 heterocycles. The molecule has 0 bridgehead atoms. The average molecular weight is 577 g/mol. The smallest absolute Gasteiger partial charge is 0.352 e. The predicted octanol–water partition coefficient (Wildman–Crippen LogP) is 7.57. The standard InChI is InChI=1S/C28H25Cl2F3N4O2/c1-15-8-10-17(12-19(15)28(31,32)33)37-22-7-5-6-21(18(22)14-35-37)36-25(38)23-20(29)11-9-16(24(23)30)13-34-26(39)27(2,3)4/h5-12,14H,13H2,1-4H3,(H,34,39)(H,36,38). The number of nitrogens with zero attached hydrogens (tertiary/aromatic N) is 2. The third kappa shape index (κ3) is 5.89. The fourth-order valence-corrected chi connectivity index (χ4v) is 4.59. The third-order valence-electron chi connectivity index (χ3n) is 6.15. The maximum atomic E-state index is 13.5. The number of rotatable bonds is 5. The number of carbonyl (C=O) groups is 2. The van der Waals surface area contributed by atoms with E-state index in [1.807, 2.05) is 0 Å². The van der Waals surface area contributed by atoms with Crippen LogP contribution in [0.4, 0.5) is 18.9 Å². The van der Waals surface area contributed by atoms with Crippen LogP contribution in [0.25, 0.3) is 16.6 Å². The van der Waals surface area contributed by atoms with Gasteiger partial charge in [0.05, 0.1) is 44.3 Å². The van der Waals surface area contributed by atoms with Crippen molar-refractivity contribution in [2.75, 3.05) is 5.32 Å². The van der Waals surface area contributed by atoms with E-state index >= 15 is 0 Å². The molecule has 3 aromatic carbocycles. The van der Waals surface area contributed by atoms with Crippen LogP contribution >= 0.6 is 23.2 Å². The minimum Gasteiger partial charge on any atom is -0.352 e. The lowest BCUT2D eigenvalue weighted by Gasteiger charge is -2.18. The number of alkyl halides is 3. The Bertz CT molecular complexity index is 1590. The fourth-order valence-electron chi connectivity index (χ4n) is 3.98. The Labute approximate surface area is 233 Å². The van der Waals surface area contributed by atoms with Crippen molar-refractivity contribution in [1.82, 2.24) is 15.1 Å². The SMILES string of the molecule is Cc1ccc(-n2ncc3c(NC(=O)c4c(Cl)ccc(CNC(=O)C(C)(C)C)c4Cl)cccc32)cc1C(F)(F)F. The molecule has 4 aromatic rings. The quantitative estimate of drug-likeness (QED) is 0.257. The first-order chi connectivity index (χ1) is 18.2. The van der Waals surface area contributed by atoms with Crippen LogP contribution in [-0.2, 0) is 17.5 Å². The van der Waals surface area contributed by atoms with E-state index < -0.39 is 23.1 Å². The Balaban J connectivity index is 1.65. The van der Waals surface area contributed by atoms with Crippen LogP contribution in [-0.4, -0.2) is 21.6 Å². The van der Waals surface area contributed by atoms with E-state index in [9.17, 15) is 22.8 Å². The summed E-state index contributed by atoms with van der Waals surface area (Å²) in [5.41, 5.74) is 0.359. The molecule has 0 atom stereocenters. The van der Waals surface area contributed by atoms with Crippen LogP contribution in [0, 0.1) is 12.3 Å². The lowest BCUT2D eigenvalue weighted by molar-refractivity contribution is -0.138. The van der Waals surface area contributed by atoms with E-state index in [0.29, 0.717) is 22.2 Å². The van der Waals surface area contributed by atoms with Gasteiger partial charge >= 0.3 is 6.18 Å². The van der Waals surface area contributed by atoms with Gasteiger partial charge in [0, 0.05) is 17.3 Å². The third-order valence-corrected chi connectivity index (χ3v) is 6.90. The monoisotopic (exact) mass is 576 g/mol. The van der Waals surface area contributed by atoms with E-state index in [1.54, 1.807) is 51.1 Å². The Morgan fingerprint density at radius 2 is 1.74 bits per heavy atom. The van der Waals surface area contributed by atoms with Crippen LogP contribution in [0.5, 0.6) is 0 Å². The molecule has 0 saturated heterocycles. The molecule has 39 heavy (non-hydrogen) atoms. The number of carbonyl (C=O) groups excluding carboxylic acids is 2. The number of aromatic nitrogens is 2. The second-order valence-corrected chi connectivity index (χ2v) is 10.9. The molecular formula is C28H25Cl2F3N4O2. The molecule has 4 rings (SSSR count). The number of benzene rings is 3. The molecule has 2 N–H and O–H groups in total. The maximum Gasteiger partial charge on any atom is 0.416 e. The number of hydrogen-bond donors (Lipinski definition) is 2. The van der Waals surface area contributed by atoms with E-state index in [-0.39, 0.29) is 39.3 Å². The number of anilines is 1. The topological polar surface area (TPSA) is 76.0 Å². The summed E-state index contributed by atoms with van der Waals surface area (Å²) >= 11 is 12.9. The molecule has 11 heteroatoms. The summed E-state index contributed by atoms with van der Waals surface area (Å²) in [7, 11) is 0. The highest BCUT2D eigenvalue weighted by molar-refractivity contribution is 6.41. The molecular weight excluding hydrogens is 552 g/mol. The molecule has 1 aromatic heterocycles. The summed E-state index contributed by atoms with van der Waals surface area (Å²) in [6.45, 7) is 6.83. The largest absolute Gasteiger partial charge is 0.416 e. The highest BCUT2D eigenvalue weighted by Crippen LogP contribution is 2.35. The van der Waals surface area contributed by atoms with Crippen molar-refractivity contribution in [1.29, 1.82) is 0 Å². The molecule has 2 amide bonds. The maximum absolute atomic E-state index is 13.5. The minimum absolute atomic E-state index is 0.0265. The van der Waals surface area contributed by atoms with Gasteiger partial charge in [-0.05, 0) is 48.4 Å². The van der Waals surface area contributed by atoms with E-state index in [2.05, 4.69) is 15.7 Å². The predicted molar refractivity (Wildman–Crippen MR) is 147 cm³/mol. The first-order valence-electron chi connectivity index (χ1n) is 11.9. The lowest BCUT2D eigenvalue weighted by atomic mass is 9.95. The van der Waals surface area contributed by atoms with E-state index in [0.717, 1.165) is 6.07 Å². The van der Waals surface area contributed by atoms with Gasteiger partial charge in [-0.25, -0.2) is 4.68 Å². The van der Waals surface area contributed by atoms with Crippen molar-refractivity contribution in [2.24, 2.45) is 5.41 Å². The van der Waals surface area contributed by atoms with Gasteiger partial charge in [0.1, 0.15) is 0 Å². The van der Waals surface area contributed by atoms with E-state index in [1.165, 1.54) is 29.9 Å². The number of halogens is 5. The number of hydrogen-bond acceptors (Lipinski definition) is 3. The second kappa shape index (κ2) is 10.5. The van der Waals surface area contributed by atoms with Gasteiger partial charge in [-0.3, -0.25) is 9.59 Å². The fraction of sp³-hybridized carbons (Fsp3) is 0.250. The van der Waals surface area contributed by atoms with Gasteiger partial charge in [-0.15, -0.1) is 0 Å². The summed E-state index contributed by atoms with van der Waals surface area (Å²) < 4.78 is 41.8. The summed E-state index contributed by atoms with van der Waals surface area (Å²) in [6, 6.07) is 12.1. The summed E-state index contributed by atoms with van der Waals surface area (Å²) in [4.78, 5) is 25.6. The number of nitrogens with one attached hydrogen (secondary N) is 2. The van der Waals surface area contributed by atoms with Crippen molar-refractivity contribution >= 4 is 51.6 Å². The molecule has 0 aliphatic carbocycles. The zero-order chi connectivity index (χ0) is 28.7. The Kier molecular flexibility index (Phi) is 7.69. The van der Waals surface area contributed by atoms with Crippen molar-refractivity contribution in [3.8, 4) is 5.69 Å². The summed E-state index contributed by atoms with van der Waals surface area (Å²) in [5, 5.41) is 10.6. The van der Waals surface area contributed by atoms with Crippen LogP contribution in [0.1, 0.15) is 47.8 Å². The van der Waals surface area contributed by atoms with Gasteiger partial charge in [0.2, 0.25) is 5.91 Å². The highest BCUT2D eigenvalue weighted by Gasteiger charge is 2.33. The minimum atomic E-state index is -4.51. The van der Waals surface area contributed by atoms with Gasteiger partial charge < -0.3 is 10.6 Å². The lowest BCUT2D eigenvalue weighted by Crippen LogP contribution is -2.34. The second-order valence-electron chi connectivity index (χ2n) is 10.1. The Morgan fingerprint density at radius 1 is 1.03 bits per heavy atom. The number of amides is 2. The summed E-state index contributed by atoms with van der Waals surface area (Å²) in [6.07, 6.45) is -3.05. The van der Waals surface area contributed by atoms with Crippen LogP contribution < -0.4 is 10.6 Å². The molecule has 0 aliphatic rings. The molecule has 0 aliphatic heterocycles. The normalized spacial score (nSPS) is 12.0. The van der Waals surface area contributed by atoms with Crippen molar-refractivity contribution in [3.05, 3.63) is 87.0 Å². The van der Waals surface area contributed by atoms with Gasteiger partial charge in [-0.2, -0.15) is 18.3 Å². The molecule has 0 spiro atoms. The van der Waals surface area contributed by atoms with Crippen LogP contribution in [0.2, 0.25) is 10.0 Å². The summed E-state index contributed by atoms with van der Waals surface area (Å²) in [5.74, 6) is -0.775. The van der Waals surface area contributed by atoms with Gasteiger partial charge in [0.25, 0.3) is 5.91 Å². The highest BCUT2D eigenvalue weighted by atomic mass is 35.5. The first kappa shape index (κ1) is 28.4. The zero-order valence-electron chi connectivity index (χ0n) is 21.5. The van der Waals surface area contributed by atoms with E-state index in [4.69, 9.17) is 23.2 Å². The molecule has 0 saturated carbocycles. The number of aryl methyl sites for hydroxylation is 1. The Hall–Kier alpha value is -3.56. The molecule has 0 unspecified atom stereocenters. The zero-order valence-corrected chi connectivity index (χ0v) is 23.0. The molecule has 0 radical (unpaired) electrons. The van der Waals surface area contributed by atoms with Crippen molar-refractivity contribution in [2.45, 2.75) is 40.4 Å². The molecule has 0 fully saturated rings. The first-order valence-corrected chi connectivity index (χ1v) is 12.7. The molecule has 6 nitrogen and oxygen atoms in total. The van der Waals surface area contributed by atoms with Crippen LogP contribution in [0.3, 0.4) is 0 Å². The number of fused-ring (bicyclic) bond motifs is 1. The van der Waals surface area contributed by atoms with Crippen molar-refractivity contribution in [3.63, 3.8) is 0 Å². The Morgan fingerprint density at radius 3 is 2.41 bits per heavy atom. The average Bonchev–Trinajstić information content (AvgIpc) is 3.27. The van der Waals surface area contributed by atoms with Gasteiger partial charge in [0.15, 0.2) is 0 Å². The van der Waals surface area contributed by atoms with Crippen molar-refractivity contribution < 1.29 is 22.8 Å². The van der Waals surface area contributed by atoms with Gasteiger partial charge in [-0.1, -0.05) is 62.2 Å².